The largest absolute Gasteiger partial charge is 0.456 e. The van der Waals surface area contributed by atoms with Crippen molar-refractivity contribution in [1.29, 1.82) is 0 Å². The number of carbonyl (C=O) groups is 1. The maximum absolute atomic E-state index is 13.8. The van der Waals surface area contributed by atoms with Crippen molar-refractivity contribution in [2.45, 2.75) is 39.5 Å². The van der Waals surface area contributed by atoms with Crippen molar-refractivity contribution in [3.05, 3.63) is 57.1 Å². The maximum atomic E-state index is 13.8. The zero-order chi connectivity index (χ0) is 21.4. The predicted octanol–water partition coefficient (Wildman–Crippen LogP) is 6.80. The van der Waals surface area contributed by atoms with Crippen molar-refractivity contribution in [1.82, 2.24) is 0 Å². The van der Waals surface area contributed by atoms with Crippen LogP contribution in [0.2, 0.25) is 0 Å². The van der Waals surface area contributed by atoms with Crippen LogP contribution in [-0.2, 0) is 10.9 Å². The van der Waals surface area contributed by atoms with E-state index in [0.717, 1.165) is 18.2 Å². The Balaban J connectivity index is 2.62. The van der Waals surface area contributed by atoms with E-state index in [0.29, 0.717) is 6.07 Å². The molecule has 0 bridgehead atoms. The number of alkyl halides is 3. The van der Waals surface area contributed by atoms with Crippen LogP contribution in [0.1, 0.15) is 42.3 Å². The lowest BCUT2D eigenvalue weighted by atomic mass is 10.1. The number of halogens is 6. The fraction of sp³-hybridized carbons (Fsp3) is 0.316. The quantitative estimate of drug-likeness (QED) is 0.368. The molecule has 0 aliphatic carbocycles. The fourth-order valence-electron chi connectivity index (χ4n) is 2.24. The van der Waals surface area contributed by atoms with Crippen LogP contribution in [0.25, 0.3) is 0 Å². The molecule has 0 aromatic heterocycles. The summed E-state index contributed by atoms with van der Waals surface area (Å²) >= 11 is 2.80. The van der Waals surface area contributed by atoms with Crippen LogP contribution in [0.3, 0.4) is 0 Å². The normalized spacial score (nSPS) is 12.1. The van der Waals surface area contributed by atoms with Crippen molar-refractivity contribution in [3.8, 4) is 11.5 Å². The minimum atomic E-state index is -4.74. The summed E-state index contributed by atoms with van der Waals surface area (Å²) in [4.78, 5) is 12.5. The Labute approximate surface area is 166 Å². The Hall–Kier alpha value is -2.16. The van der Waals surface area contributed by atoms with E-state index in [4.69, 9.17) is 9.47 Å². The Morgan fingerprint density at radius 1 is 1.00 bits per heavy atom. The molecule has 28 heavy (non-hydrogen) atoms. The molecule has 0 atom stereocenters. The van der Waals surface area contributed by atoms with Crippen LogP contribution in [-0.4, -0.2) is 11.6 Å². The molecular weight excluding hydrogens is 451 g/mol. The second kappa shape index (κ2) is 7.69. The van der Waals surface area contributed by atoms with E-state index in [2.05, 4.69) is 15.9 Å². The summed E-state index contributed by atoms with van der Waals surface area (Å²) in [7, 11) is 0. The number of carbonyl (C=O) groups excluding carboxylic acids is 1. The van der Waals surface area contributed by atoms with Crippen molar-refractivity contribution in [2.75, 3.05) is 0 Å². The fourth-order valence-corrected chi connectivity index (χ4v) is 2.96. The van der Waals surface area contributed by atoms with E-state index in [1.807, 2.05) is 0 Å². The van der Waals surface area contributed by atoms with E-state index in [-0.39, 0.29) is 17.1 Å². The summed E-state index contributed by atoms with van der Waals surface area (Å²) in [6.07, 6.45) is -4.74. The average Bonchev–Trinajstić information content (AvgIpc) is 2.52. The number of rotatable bonds is 3. The lowest BCUT2D eigenvalue weighted by Crippen LogP contribution is -2.25. The zero-order valence-electron chi connectivity index (χ0n) is 15.3. The first-order valence-electron chi connectivity index (χ1n) is 7.98. The molecule has 2 aromatic carbocycles. The van der Waals surface area contributed by atoms with Gasteiger partial charge in [-0.3, -0.25) is 0 Å². The van der Waals surface area contributed by atoms with Gasteiger partial charge in [-0.1, -0.05) is 0 Å². The topological polar surface area (TPSA) is 35.5 Å². The summed E-state index contributed by atoms with van der Waals surface area (Å²) in [5.74, 6) is -3.80. The molecule has 2 aromatic rings. The Bertz CT molecular complexity index is 917. The van der Waals surface area contributed by atoms with Gasteiger partial charge in [0.15, 0.2) is 11.6 Å². The number of esters is 1. The molecule has 0 saturated carbocycles. The summed E-state index contributed by atoms with van der Waals surface area (Å²) in [6.45, 7) is 5.88. The summed E-state index contributed by atoms with van der Waals surface area (Å²) < 4.78 is 76.8. The lowest BCUT2D eigenvalue weighted by molar-refractivity contribution is -0.138. The average molecular weight is 467 g/mol. The molecular formula is C19H16BrF5O3. The van der Waals surface area contributed by atoms with Gasteiger partial charge in [0.25, 0.3) is 0 Å². The maximum Gasteiger partial charge on any atom is 0.417 e. The molecule has 0 saturated heterocycles. The van der Waals surface area contributed by atoms with Gasteiger partial charge in [0.1, 0.15) is 22.7 Å². The molecule has 3 nitrogen and oxygen atoms in total. The van der Waals surface area contributed by atoms with Crippen LogP contribution in [0, 0.1) is 18.6 Å². The third kappa shape index (κ3) is 4.81. The van der Waals surface area contributed by atoms with Crippen LogP contribution < -0.4 is 4.74 Å². The van der Waals surface area contributed by atoms with Crippen molar-refractivity contribution < 1.29 is 36.2 Å². The van der Waals surface area contributed by atoms with E-state index < -0.39 is 45.0 Å². The number of benzene rings is 2. The molecule has 0 unspecified atom stereocenters. The lowest BCUT2D eigenvalue weighted by Gasteiger charge is -2.22. The first-order valence-corrected chi connectivity index (χ1v) is 8.77. The van der Waals surface area contributed by atoms with Crippen LogP contribution in [0.5, 0.6) is 11.5 Å². The molecule has 0 amide bonds. The number of hydrogen-bond donors (Lipinski definition) is 0. The molecule has 0 N–H and O–H groups in total. The van der Waals surface area contributed by atoms with Crippen LogP contribution in [0.4, 0.5) is 22.0 Å². The molecule has 0 fully saturated rings. The second-order valence-electron chi connectivity index (χ2n) is 6.89. The monoisotopic (exact) mass is 466 g/mol. The van der Waals surface area contributed by atoms with E-state index in [1.165, 1.54) is 6.92 Å². The van der Waals surface area contributed by atoms with Gasteiger partial charge in [0, 0.05) is 10.0 Å². The standard InChI is InChI=1S/C19H16BrF5O3/c1-9-12(8-6-11(21)16(9)22)27-13-7-5-10(19(23,24)25)15(20)14(13)17(26)28-18(2,3)4/h5-8H,1-4H3. The van der Waals surface area contributed by atoms with Gasteiger partial charge in [-0.2, -0.15) is 13.2 Å². The smallest absolute Gasteiger partial charge is 0.417 e. The third-order valence-electron chi connectivity index (χ3n) is 3.52. The molecule has 9 heteroatoms. The van der Waals surface area contributed by atoms with Gasteiger partial charge >= 0.3 is 12.1 Å². The highest BCUT2D eigenvalue weighted by Crippen LogP contribution is 2.42. The van der Waals surface area contributed by atoms with E-state index in [9.17, 15) is 26.7 Å². The first-order chi connectivity index (χ1) is 12.7. The molecule has 152 valence electrons. The molecule has 0 spiro atoms. The number of hydrogen-bond acceptors (Lipinski definition) is 3. The predicted molar refractivity (Wildman–Crippen MR) is 95.5 cm³/mol. The van der Waals surface area contributed by atoms with Gasteiger partial charge in [-0.15, -0.1) is 0 Å². The summed E-state index contributed by atoms with van der Waals surface area (Å²) in [5, 5.41) is 0. The zero-order valence-corrected chi connectivity index (χ0v) is 16.9. The molecule has 0 heterocycles. The Morgan fingerprint density at radius 2 is 1.57 bits per heavy atom. The molecule has 0 radical (unpaired) electrons. The van der Waals surface area contributed by atoms with E-state index in [1.54, 1.807) is 20.8 Å². The van der Waals surface area contributed by atoms with Crippen LogP contribution in [0.15, 0.2) is 28.7 Å². The van der Waals surface area contributed by atoms with Crippen molar-refractivity contribution in [3.63, 3.8) is 0 Å². The second-order valence-corrected chi connectivity index (χ2v) is 7.68. The van der Waals surface area contributed by atoms with Crippen molar-refractivity contribution in [2.24, 2.45) is 0 Å². The SMILES string of the molecule is Cc1c(Oc2ccc(C(F)(F)F)c(Br)c2C(=O)OC(C)(C)C)ccc(F)c1F. The van der Waals surface area contributed by atoms with Gasteiger partial charge in [0.05, 0.1) is 5.56 Å². The van der Waals surface area contributed by atoms with Gasteiger partial charge in [-0.25, -0.2) is 13.6 Å². The van der Waals surface area contributed by atoms with Crippen LogP contribution >= 0.6 is 15.9 Å². The summed E-state index contributed by atoms with van der Waals surface area (Å²) in [6, 6.07) is 3.55. The highest BCUT2D eigenvalue weighted by Gasteiger charge is 2.37. The van der Waals surface area contributed by atoms with E-state index >= 15 is 0 Å². The minimum absolute atomic E-state index is 0.157. The van der Waals surface area contributed by atoms with Gasteiger partial charge in [-0.05, 0) is 67.9 Å². The minimum Gasteiger partial charge on any atom is -0.456 e. The third-order valence-corrected chi connectivity index (χ3v) is 4.35. The highest BCUT2D eigenvalue weighted by atomic mass is 79.9. The van der Waals surface area contributed by atoms with Gasteiger partial charge in [0.2, 0.25) is 0 Å². The van der Waals surface area contributed by atoms with Gasteiger partial charge < -0.3 is 9.47 Å². The van der Waals surface area contributed by atoms with Crippen molar-refractivity contribution >= 4 is 21.9 Å². The highest BCUT2D eigenvalue weighted by molar-refractivity contribution is 9.10. The number of ether oxygens (including phenoxy) is 2. The molecule has 2 rings (SSSR count). The Morgan fingerprint density at radius 3 is 2.11 bits per heavy atom. The first kappa shape index (κ1) is 22.1. The summed E-state index contributed by atoms with van der Waals surface area (Å²) in [5.41, 5.74) is -2.82. The Kier molecular flexibility index (Phi) is 6.08. The molecule has 0 aliphatic rings. The molecule has 0 aliphatic heterocycles.